The van der Waals surface area contributed by atoms with Crippen molar-refractivity contribution in [2.24, 2.45) is 5.41 Å². The zero-order valence-electron chi connectivity index (χ0n) is 12.0. The molecular weight excluding hydrogens is 336 g/mol. The fraction of sp³-hybridized carbons (Fsp3) is 0.562. The van der Waals surface area contributed by atoms with Gasteiger partial charge in [-0.2, -0.15) is 0 Å². The van der Waals surface area contributed by atoms with Gasteiger partial charge in [-0.15, -0.1) is 11.6 Å². The van der Waals surface area contributed by atoms with Crippen LogP contribution in [0.2, 0.25) is 0 Å². The quantitative estimate of drug-likeness (QED) is 0.680. The molecule has 0 saturated heterocycles. The van der Waals surface area contributed by atoms with Gasteiger partial charge in [0.15, 0.2) is 0 Å². The molecule has 1 aliphatic rings. The van der Waals surface area contributed by atoms with Crippen LogP contribution >= 0.6 is 27.5 Å². The Bertz CT molecular complexity index is 633. The highest BCUT2D eigenvalue weighted by molar-refractivity contribution is 9.10. The molecule has 1 aromatic heterocycles. The average molecular weight is 356 g/mol. The van der Waals surface area contributed by atoms with Gasteiger partial charge in [0, 0.05) is 22.8 Å². The molecule has 1 saturated carbocycles. The molecule has 1 unspecified atom stereocenters. The fourth-order valence-electron chi connectivity index (χ4n) is 3.52. The summed E-state index contributed by atoms with van der Waals surface area (Å²) in [6.07, 6.45) is 4.66. The predicted octanol–water partition coefficient (Wildman–Crippen LogP) is 5.33. The highest BCUT2D eigenvalue weighted by Gasteiger charge is 2.37. The number of hydrogen-bond acceptors (Lipinski definition) is 1. The lowest BCUT2D eigenvalue weighted by Crippen LogP contribution is -2.23. The van der Waals surface area contributed by atoms with Crippen molar-refractivity contribution in [2.75, 3.05) is 5.88 Å². The van der Waals surface area contributed by atoms with Crippen molar-refractivity contribution < 1.29 is 0 Å². The number of alkyl halides is 1. The predicted molar refractivity (Wildman–Crippen MR) is 88.5 cm³/mol. The lowest BCUT2D eigenvalue weighted by atomic mass is 9.87. The number of fused-ring (bicyclic) bond motifs is 1. The van der Waals surface area contributed by atoms with E-state index < -0.39 is 0 Å². The van der Waals surface area contributed by atoms with E-state index in [0.29, 0.717) is 17.3 Å². The maximum absolute atomic E-state index is 5.98. The average Bonchev–Trinajstić information content (AvgIpc) is 2.88. The van der Waals surface area contributed by atoms with Crippen molar-refractivity contribution in [3.8, 4) is 0 Å². The Morgan fingerprint density at radius 1 is 1.45 bits per heavy atom. The molecule has 2 nitrogen and oxygen atoms in total. The van der Waals surface area contributed by atoms with E-state index >= 15 is 0 Å². The van der Waals surface area contributed by atoms with Crippen LogP contribution in [0.25, 0.3) is 11.0 Å². The third kappa shape index (κ3) is 2.39. The first kappa shape index (κ1) is 14.4. The molecule has 0 aliphatic heterocycles. The Morgan fingerprint density at radius 2 is 2.25 bits per heavy atom. The van der Waals surface area contributed by atoms with E-state index in [9.17, 15) is 0 Å². The van der Waals surface area contributed by atoms with Gasteiger partial charge < -0.3 is 4.57 Å². The van der Waals surface area contributed by atoms with Gasteiger partial charge in [-0.05, 0) is 36.5 Å². The number of aromatic nitrogens is 2. The topological polar surface area (TPSA) is 17.8 Å². The van der Waals surface area contributed by atoms with E-state index in [2.05, 4.69) is 52.5 Å². The van der Waals surface area contributed by atoms with Gasteiger partial charge >= 0.3 is 0 Å². The number of hydrogen-bond donors (Lipinski definition) is 0. The Labute approximate surface area is 133 Å². The van der Waals surface area contributed by atoms with Crippen LogP contribution in [-0.4, -0.2) is 15.4 Å². The summed E-state index contributed by atoms with van der Waals surface area (Å²) in [6.45, 7) is 4.75. The first-order valence-corrected chi connectivity index (χ1v) is 8.58. The number of aryl methyl sites for hydroxylation is 1. The first-order valence-electron chi connectivity index (χ1n) is 7.25. The van der Waals surface area contributed by atoms with E-state index in [1.165, 1.54) is 24.8 Å². The van der Waals surface area contributed by atoms with Crippen LogP contribution in [-0.2, 0) is 6.42 Å². The van der Waals surface area contributed by atoms with Crippen LogP contribution in [0.15, 0.2) is 22.7 Å². The number of rotatable bonds is 3. The van der Waals surface area contributed by atoms with E-state index in [0.717, 1.165) is 22.2 Å². The third-order valence-corrected chi connectivity index (χ3v) is 5.24. The minimum absolute atomic E-state index is 0.335. The molecule has 3 rings (SSSR count). The largest absolute Gasteiger partial charge is 0.324 e. The zero-order chi connectivity index (χ0) is 14.3. The molecular formula is C16H20BrClN2. The van der Waals surface area contributed by atoms with Crippen molar-refractivity contribution in [1.29, 1.82) is 0 Å². The second kappa shape index (κ2) is 5.34. The molecule has 1 fully saturated rings. The summed E-state index contributed by atoms with van der Waals surface area (Å²) in [5.41, 5.74) is 2.65. The molecule has 0 spiro atoms. The molecule has 0 N–H and O–H groups in total. The smallest absolute Gasteiger partial charge is 0.111 e. The number of halogens is 2. The van der Waals surface area contributed by atoms with E-state index in [1.807, 2.05) is 0 Å². The highest BCUT2D eigenvalue weighted by Crippen LogP contribution is 2.47. The van der Waals surface area contributed by atoms with Crippen molar-refractivity contribution in [3.63, 3.8) is 0 Å². The van der Waals surface area contributed by atoms with Crippen LogP contribution in [0.4, 0.5) is 0 Å². The Kier molecular flexibility index (Phi) is 3.85. The van der Waals surface area contributed by atoms with Gasteiger partial charge in [0.1, 0.15) is 5.82 Å². The Balaban J connectivity index is 2.18. The van der Waals surface area contributed by atoms with Gasteiger partial charge in [-0.1, -0.05) is 36.2 Å². The van der Waals surface area contributed by atoms with Gasteiger partial charge in [0.05, 0.1) is 11.0 Å². The van der Waals surface area contributed by atoms with Gasteiger partial charge in [0.25, 0.3) is 0 Å². The van der Waals surface area contributed by atoms with Crippen molar-refractivity contribution in [2.45, 2.75) is 45.6 Å². The number of imidazole rings is 1. The van der Waals surface area contributed by atoms with Crippen molar-refractivity contribution >= 4 is 38.6 Å². The molecule has 1 aliphatic carbocycles. The fourth-order valence-corrected chi connectivity index (χ4v) is 4.04. The molecule has 2 aromatic rings. The molecule has 0 amide bonds. The van der Waals surface area contributed by atoms with Gasteiger partial charge in [-0.3, -0.25) is 0 Å². The van der Waals surface area contributed by atoms with E-state index in [-0.39, 0.29) is 0 Å². The summed E-state index contributed by atoms with van der Waals surface area (Å²) < 4.78 is 3.54. The van der Waals surface area contributed by atoms with Crippen LogP contribution in [0.3, 0.4) is 0 Å². The Hall–Kier alpha value is -0.540. The zero-order valence-corrected chi connectivity index (χ0v) is 14.3. The second-order valence-corrected chi connectivity index (χ2v) is 7.66. The van der Waals surface area contributed by atoms with E-state index in [1.54, 1.807) is 0 Å². The summed E-state index contributed by atoms with van der Waals surface area (Å²) in [5.74, 6) is 1.76. The minimum atomic E-state index is 0.335. The lowest BCUT2D eigenvalue weighted by molar-refractivity contribution is 0.261. The molecule has 1 heterocycles. The maximum atomic E-state index is 5.98. The molecule has 108 valence electrons. The first-order chi connectivity index (χ1) is 9.53. The monoisotopic (exact) mass is 354 g/mol. The van der Waals surface area contributed by atoms with Crippen LogP contribution in [0, 0.1) is 5.41 Å². The molecule has 0 radical (unpaired) electrons. The molecule has 4 heteroatoms. The molecule has 1 atom stereocenters. The summed E-state index contributed by atoms with van der Waals surface area (Å²) in [5, 5.41) is 0. The summed E-state index contributed by atoms with van der Waals surface area (Å²) in [4.78, 5) is 4.82. The number of benzene rings is 1. The molecule has 1 aromatic carbocycles. The van der Waals surface area contributed by atoms with Crippen LogP contribution < -0.4 is 0 Å². The standard InChI is InChI=1S/C16H20BrClN2/c1-16(2)8-3-4-14(16)20-13-6-5-11(17)10-12(13)19-15(20)7-9-18/h5-6,10,14H,3-4,7-9H2,1-2H3. The molecule has 0 bridgehead atoms. The number of nitrogens with zero attached hydrogens (tertiary/aromatic N) is 2. The summed E-state index contributed by atoms with van der Waals surface area (Å²) in [6, 6.07) is 6.92. The Morgan fingerprint density at radius 3 is 2.90 bits per heavy atom. The van der Waals surface area contributed by atoms with Crippen molar-refractivity contribution in [3.05, 3.63) is 28.5 Å². The normalized spacial score (nSPS) is 21.7. The molecule has 20 heavy (non-hydrogen) atoms. The van der Waals surface area contributed by atoms with Gasteiger partial charge in [0.2, 0.25) is 0 Å². The summed E-state index contributed by atoms with van der Waals surface area (Å²) >= 11 is 9.52. The third-order valence-electron chi connectivity index (χ3n) is 4.56. The van der Waals surface area contributed by atoms with E-state index in [4.69, 9.17) is 16.6 Å². The lowest BCUT2D eigenvalue weighted by Gasteiger charge is -2.30. The maximum Gasteiger partial charge on any atom is 0.111 e. The van der Waals surface area contributed by atoms with Crippen LogP contribution in [0.1, 0.15) is 45.0 Å². The summed E-state index contributed by atoms with van der Waals surface area (Å²) in [7, 11) is 0. The van der Waals surface area contributed by atoms with Gasteiger partial charge in [-0.25, -0.2) is 4.98 Å². The second-order valence-electron chi connectivity index (χ2n) is 6.37. The van der Waals surface area contributed by atoms with Crippen molar-refractivity contribution in [1.82, 2.24) is 9.55 Å². The highest BCUT2D eigenvalue weighted by atomic mass is 79.9. The minimum Gasteiger partial charge on any atom is -0.324 e. The SMILES string of the molecule is CC1(C)CCCC1n1c(CCCl)nc2cc(Br)ccc21. The van der Waals surface area contributed by atoms with Crippen LogP contribution in [0.5, 0.6) is 0 Å².